The Hall–Kier alpha value is -0.560. The second kappa shape index (κ2) is 6.91. The lowest BCUT2D eigenvalue weighted by atomic mass is 9.67. The van der Waals surface area contributed by atoms with Crippen molar-refractivity contribution in [3.8, 4) is 11.8 Å². The second-order valence-corrected chi connectivity index (χ2v) is 8.70. The minimum Gasteiger partial charge on any atom is -0.377 e. The molecular formula is C19H34O3. The molecule has 0 aromatic heterocycles. The minimum atomic E-state index is -0.922. The van der Waals surface area contributed by atoms with E-state index in [1.807, 2.05) is 34.6 Å². The third-order valence-electron chi connectivity index (χ3n) is 4.13. The van der Waals surface area contributed by atoms with E-state index in [9.17, 15) is 5.11 Å². The van der Waals surface area contributed by atoms with Crippen molar-refractivity contribution >= 4 is 0 Å². The van der Waals surface area contributed by atoms with Gasteiger partial charge in [0.1, 0.15) is 5.60 Å². The summed E-state index contributed by atoms with van der Waals surface area (Å²) in [5.74, 6) is 7.38. The van der Waals surface area contributed by atoms with Crippen LogP contribution in [0.1, 0.15) is 74.7 Å². The van der Waals surface area contributed by atoms with E-state index in [1.54, 1.807) is 0 Å². The van der Waals surface area contributed by atoms with E-state index < -0.39 is 11.2 Å². The predicted molar refractivity (Wildman–Crippen MR) is 90.1 cm³/mol. The molecule has 1 aliphatic rings. The van der Waals surface area contributed by atoms with Gasteiger partial charge >= 0.3 is 0 Å². The fraction of sp³-hybridized carbons (Fsp3) is 0.895. The highest BCUT2D eigenvalue weighted by molar-refractivity contribution is 5.22. The summed E-state index contributed by atoms with van der Waals surface area (Å²) in [6.07, 6.45) is 2.93. The van der Waals surface area contributed by atoms with E-state index in [1.165, 1.54) is 6.42 Å². The highest BCUT2D eigenvalue weighted by Crippen LogP contribution is 2.40. The van der Waals surface area contributed by atoms with Crippen LogP contribution in [0.15, 0.2) is 0 Å². The molecule has 3 unspecified atom stereocenters. The molecule has 0 aliphatic heterocycles. The summed E-state index contributed by atoms with van der Waals surface area (Å²) >= 11 is 0. The Bertz CT molecular complexity index is 422. The first-order valence-corrected chi connectivity index (χ1v) is 8.48. The summed E-state index contributed by atoms with van der Waals surface area (Å²) in [5, 5.41) is 11.1. The van der Waals surface area contributed by atoms with Gasteiger partial charge in [-0.05, 0) is 59.3 Å². The maximum Gasteiger partial charge on any atom is 0.158 e. The molecule has 0 aromatic rings. The van der Waals surface area contributed by atoms with E-state index in [2.05, 4.69) is 32.6 Å². The molecule has 1 saturated carbocycles. The van der Waals surface area contributed by atoms with Gasteiger partial charge in [-0.25, -0.2) is 9.78 Å². The van der Waals surface area contributed by atoms with Crippen LogP contribution in [0.25, 0.3) is 0 Å². The largest absolute Gasteiger partial charge is 0.377 e. The van der Waals surface area contributed by atoms with E-state index in [0.717, 1.165) is 12.8 Å². The van der Waals surface area contributed by atoms with Gasteiger partial charge in [-0.3, -0.25) is 0 Å². The molecule has 22 heavy (non-hydrogen) atoms. The molecule has 0 amide bonds. The van der Waals surface area contributed by atoms with Gasteiger partial charge in [0.25, 0.3) is 0 Å². The van der Waals surface area contributed by atoms with Gasteiger partial charge in [-0.2, -0.15) is 0 Å². The zero-order valence-electron chi connectivity index (χ0n) is 15.6. The molecule has 0 bridgehead atoms. The summed E-state index contributed by atoms with van der Waals surface area (Å²) in [4.78, 5) is 10.8. The van der Waals surface area contributed by atoms with Crippen LogP contribution in [0.4, 0.5) is 0 Å². The average molecular weight is 310 g/mol. The number of hydrogen-bond acceptors (Lipinski definition) is 3. The molecule has 0 saturated heterocycles. The van der Waals surface area contributed by atoms with Crippen molar-refractivity contribution in [2.75, 3.05) is 0 Å². The molecule has 1 fully saturated rings. The monoisotopic (exact) mass is 310 g/mol. The van der Waals surface area contributed by atoms with Gasteiger partial charge in [0.05, 0.1) is 5.60 Å². The molecule has 3 atom stereocenters. The molecule has 1 rings (SSSR count). The Labute approximate surface area is 136 Å². The Morgan fingerprint density at radius 1 is 1.09 bits per heavy atom. The zero-order chi connectivity index (χ0) is 17.2. The zero-order valence-corrected chi connectivity index (χ0v) is 15.6. The average Bonchev–Trinajstić information content (AvgIpc) is 2.33. The first kappa shape index (κ1) is 19.5. The molecule has 0 radical (unpaired) electrons. The quantitative estimate of drug-likeness (QED) is 0.479. The highest BCUT2D eigenvalue weighted by atomic mass is 17.2. The molecule has 0 aromatic carbocycles. The van der Waals surface area contributed by atoms with E-state index in [0.29, 0.717) is 11.8 Å². The van der Waals surface area contributed by atoms with Crippen LogP contribution < -0.4 is 0 Å². The van der Waals surface area contributed by atoms with Gasteiger partial charge in [-0.15, -0.1) is 0 Å². The fourth-order valence-corrected chi connectivity index (χ4v) is 3.02. The third kappa shape index (κ3) is 5.91. The van der Waals surface area contributed by atoms with Gasteiger partial charge < -0.3 is 5.11 Å². The lowest BCUT2D eigenvalue weighted by Gasteiger charge is -2.41. The maximum atomic E-state index is 11.1. The van der Waals surface area contributed by atoms with Crippen molar-refractivity contribution < 1.29 is 14.9 Å². The summed E-state index contributed by atoms with van der Waals surface area (Å²) in [5.41, 5.74) is -2.05. The van der Waals surface area contributed by atoms with Gasteiger partial charge in [0, 0.05) is 5.92 Å². The van der Waals surface area contributed by atoms with Crippen LogP contribution in [0, 0.1) is 29.6 Å². The lowest BCUT2D eigenvalue weighted by molar-refractivity contribution is -0.384. The Balaban J connectivity index is 2.89. The van der Waals surface area contributed by atoms with Crippen molar-refractivity contribution in [3.63, 3.8) is 0 Å². The Morgan fingerprint density at radius 3 is 2.18 bits per heavy atom. The number of hydrogen-bond donors (Lipinski definition) is 1. The number of rotatable bonds is 3. The normalized spacial score (nSPS) is 30.1. The first-order valence-electron chi connectivity index (χ1n) is 8.48. The summed E-state index contributed by atoms with van der Waals surface area (Å²) in [7, 11) is 0. The van der Waals surface area contributed by atoms with Crippen molar-refractivity contribution in [1.29, 1.82) is 0 Å². The van der Waals surface area contributed by atoms with Crippen molar-refractivity contribution in [2.24, 2.45) is 17.8 Å². The smallest absolute Gasteiger partial charge is 0.158 e. The summed E-state index contributed by atoms with van der Waals surface area (Å²) < 4.78 is 0. The van der Waals surface area contributed by atoms with Crippen LogP contribution in [0.2, 0.25) is 0 Å². The van der Waals surface area contributed by atoms with E-state index in [4.69, 9.17) is 9.78 Å². The van der Waals surface area contributed by atoms with Crippen LogP contribution in [0.5, 0.6) is 0 Å². The molecule has 0 spiro atoms. The molecule has 3 nitrogen and oxygen atoms in total. The number of aliphatic hydroxyl groups is 1. The SMILES string of the molecule is CC1CCC(C(C)C)C(O)(C#CC(C)(C)OOC(C)(C)C)C1. The summed E-state index contributed by atoms with van der Waals surface area (Å²) in [6, 6.07) is 0. The van der Waals surface area contributed by atoms with Crippen LogP contribution >= 0.6 is 0 Å². The molecule has 1 aliphatic carbocycles. The van der Waals surface area contributed by atoms with Gasteiger partial charge in [0.15, 0.2) is 5.60 Å². The van der Waals surface area contributed by atoms with Crippen LogP contribution in [-0.4, -0.2) is 21.9 Å². The molecule has 128 valence electrons. The predicted octanol–water partition coefficient (Wildman–Crippen LogP) is 4.34. The Kier molecular flexibility index (Phi) is 6.12. The van der Waals surface area contributed by atoms with Crippen LogP contribution in [-0.2, 0) is 9.78 Å². The van der Waals surface area contributed by atoms with Gasteiger partial charge in [0.2, 0.25) is 0 Å². The Morgan fingerprint density at radius 2 is 1.68 bits per heavy atom. The minimum absolute atomic E-state index is 0.218. The lowest BCUT2D eigenvalue weighted by Crippen LogP contribution is -2.44. The van der Waals surface area contributed by atoms with Crippen molar-refractivity contribution in [2.45, 2.75) is 91.5 Å². The van der Waals surface area contributed by atoms with E-state index >= 15 is 0 Å². The third-order valence-corrected chi connectivity index (χ3v) is 4.13. The van der Waals surface area contributed by atoms with Crippen molar-refractivity contribution in [1.82, 2.24) is 0 Å². The standard InChI is InChI=1S/C19H34O3/c1-14(2)16-10-9-15(3)13-19(16,20)12-11-18(7,8)22-21-17(4,5)6/h14-16,20H,9-10,13H2,1-8H3. The highest BCUT2D eigenvalue weighted by Gasteiger charge is 2.42. The second-order valence-electron chi connectivity index (χ2n) is 8.70. The summed E-state index contributed by atoms with van der Waals surface area (Å²) in [6.45, 7) is 16.0. The molecular weight excluding hydrogens is 276 g/mol. The van der Waals surface area contributed by atoms with Gasteiger partial charge in [-0.1, -0.05) is 39.0 Å². The molecule has 1 N–H and O–H groups in total. The topological polar surface area (TPSA) is 38.7 Å². The maximum absolute atomic E-state index is 11.1. The van der Waals surface area contributed by atoms with Crippen molar-refractivity contribution in [3.05, 3.63) is 0 Å². The van der Waals surface area contributed by atoms with E-state index in [-0.39, 0.29) is 11.5 Å². The van der Waals surface area contributed by atoms with Crippen LogP contribution in [0.3, 0.4) is 0 Å². The molecule has 0 heterocycles. The molecule has 3 heteroatoms. The fourth-order valence-electron chi connectivity index (χ4n) is 3.02. The first-order chi connectivity index (χ1) is 9.85.